The van der Waals surface area contributed by atoms with Crippen LogP contribution in [0.3, 0.4) is 0 Å². The van der Waals surface area contributed by atoms with E-state index in [1.165, 1.54) is 71.3 Å². The molecule has 0 atom stereocenters. The van der Waals surface area contributed by atoms with Crippen LogP contribution >= 0.6 is 0 Å². The average molecular weight is 702 g/mol. The zero-order valence-corrected chi connectivity index (χ0v) is 30.6. The fourth-order valence-corrected chi connectivity index (χ4v) is 8.91. The molecule has 3 nitrogen and oxygen atoms in total. The van der Waals surface area contributed by atoms with Gasteiger partial charge >= 0.3 is 0 Å². The van der Waals surface area contributed by atoms with Crippen LogP contribution in [-0.4, -0.2) is 15.0 Å². The van der Waals surface area contributed by atoms with E-state index in [1.807, 2.05) is 24.3 Å². The molecule has 1 aliphatic carbocycles. The van der Waals surface area contributed by atoms with E-state index in [4.69, 9.17) is 15.0 Å². The van der Waals surface area contributed by atoms with Gasteiger partial charge in [-0.15, -0.1) is 0 Å². The smallest absolute Gasteiger partial charge is 0.164 e. The third-order valence-corrected chi connectivity index (χ3v) is 11.7. The Kier molecular flexibility index (Phi) is 6.90. The fraction of sp³-hybridized carbons (Fsp3) is 0.0577. The molecule has 0 saturated heterocycles. The quantitative estimate of drug-likeness (QED) is 0.168. The lowest BCUT2D eigenvalue weighted by molar-refractivity contribution is 0.660. The van der Waals surface area contributed by atoms with E-state index >= 15 is 0 Å². The van der Waals surface area contributed by atoms with Crippen LogP contribution in [0.15, 0.2) is 176 Å². The van der Waals surface area contributed by atoms with Crippen LogP contribution in [0.4, 0.5) is 0 Å². The molecule has 3 heteroatoms. The molecular formula is C52H35N3. The van der Waals surface area contributed by atoms with Crippen molar-refractivity contribution in [1.82, 2.24) is 15.0 Å². The lowest BCUT2D eigenvalue weighted by Crippen LogP contribution is -2.15. The second-order valence-electron chi connectivity index (χ2n) is 15.2. The highest BCUT2D eigenvalue weighted by molar-refractivity contribution is 6.25. The summed E-state index contributed by atoms with van der Waals surface area (Å²) >= 11 is 0. The number of benzene rings is 9. The summed E-state index contributed by atoms with van der Waals surface area (Å²) in [6, 6.07) is 63.1. The Bertz CT molecular complexity index is 3080. The molecule has 258 valence electrons. The van der Waals surface area contributed by atoms with Gasteiger partial charge in [-0.25, -0.2) is 15.0 Å². The van der Waals surface area contributed by atoms with E-state index in [2.05, 4.69) is 166 Å². The topological polar surface area (TPSA) is 38.7 Å². The maximum absolute atomic E-state index is 5.14. The van der Waals surface area contributed by atoms with Crippen molar-refractivity contribution in [1.29, 1.82) is 0 Å². The second-order valence-corrected chi connectivity index (χ2v) is 15.2. The van der Waals surface area contributed by atoms with Crippen molar-refractivity contribution >= 4 is 32.3 Å². The summed E-state index contributed by atoms with van der Waals surface area (Å²) in [7, 11) is 0. The molecule has 0 fully saturated rings. The van der Waals surface area contributed by atoms with Crippen molar-refractivity contribution in [2.24, 2.45) is 0 Å². The van der Waals surface area contributed by atoms with E-state index in [-0.39, 0.29) is 5.41 Å². The summed E-state index contributed by atoms with van der Waals surface area (Å²) in [5.41, 5.74) is 12.7. The Labute approximate surface area is 320 Å². The minimum atomic E-state index is -0.230. The Balaban J connectivity index is 1.06. The highest BCUT2D eigenvalue weighted by Crippen LogP contribution is 2.54. The summed E-state index contributed by atoms with van der Waals surface area (Å²) in [5, 5.41) is 7.82. The molecule has 0 aliphatic heterocycles. The molecule has 0 unspecified atom stereocenters. The predicted molar refractivity (Wildman–Crippen MR) is 228 cm³/mol. The molecule has 1 aliphatic rings. The van der Waals surface area contributed by atoms with Gasteiger partial charge in [-0.2, -0.15) is 0 Å². The summed E-state index contributed by atoms with van der Waals surface area (Å²) in [4.78, 5) is 15.3. The van der Waals surface area contributed by atoms with Crippen molar-refractivity contribution < 1.29 is 0 Å². The SMILES string of the molecule is CC1(C)c2cc(-c3nc(-c4ccccc4)nc(-c4ccc(-c5ccccc5)cc4)n3)ccc2-c2c(-c3ccc4ccc5cccc6ccc3c4c56)cccc21. The molecule has 11 rings (SSSR count). The van der Waals surface area contributed by atoms with Crippen LogP contribution in [0.25, 0.3) is 99.9 Å². The number of hydrogen-bond donors (Lipinski definition) is 0. The van der Waals surface area contributed by atoms with E-state index in [1.54, 1.807) is 0 Å². The van der Waals surface area contributed by atoms with Gasteiger partial charge in [-0.3, -0.25) is 0 Å². The van der Waals surface area contributed by atoms with E-state index in [0.29, 0.717) is 17.5 Å². The molecule has 1 heterocycles. The maximum Gasteiger partial charge on any atom is 0.164 e. The minimum absolute atomic E-state index is 0.230. The van der Waals surface area contributed by atoms with Crippen LogP contribution in [0, 0.1) is 0 Å². The minimum Gasteiger partial charge on any atom is -0.208 e. The van der Waals surface area contributed by atoms with Crippen LogP contribution in [0.1, 0.15) is 25.0 Å². The van der Waals surface area contributed by atoms with Gasteiger partial charge in [0, 0.05) is 22.1 Å². The van der Waals surface area contributed by atoms with Crippen LogP contribution in [-0.2, 0) is 5.41 Å². The molecule has 1 aromatic heterocycles. The van der Waals surface area contributed by atoms with Gasteiger partial charge in [0.25, 0.3) is 0 Å². The number of nitrogens with zero attached hydrogens (tertiary/aromatic N) is 3. The fourth-order valence-electron chi connectivity index (χ4n) is 8.91. The van der Waals surface area contributed by atoms with Crippen LogP contribution in [0.2, 0.25) is 0 Å². The summed E-state index contributed by atoms with van der Waals surface area (Å²) in [6.07, 6.45) is 0. The van der Waals surface area contributed by atoms with Gasteiger partial charge in [0.05, 0.1) is 0 Å². The highest BCUT2D eigenvalue weighted by Gasteiger charge is 2.37. The Morgan fingerprint density at radius 2 is 0.855 bits per heavy atom. The van der Waals surface area contributed by atoms with E-state index < -0.39 is 0 Å². The average Bonchev–Trinajstić information content (AvgIpc) is 3.48. The largest absolute Gasteiger partial charge is 0.208 e. The first-order chi connectivity index (χ1) is 27.0. The maximum atomic E-state index is 5.14. The van der Waals surface area contributed by atoms with Crippen molar-refractivity contribution in [3.63, 3.8) is 0 Å². The molecule has 9 aromatic carbocycles. The van der Waals surface area contributed by atoms with Gasteiger partial charge in [-0.05, 0) is 82.9 Å². The highest BCUT2D eigenvalue weighted by atomic mass is 15.0. The Hall–Kier alpha value is -6.97. The third kappa shape index (κ3) is 4.93. The monoisotopic (exact) mass is 701 g/mol. The van der Waals surface area contributed by atoms with Crippen molar-refractivity contribution in [3.05, 3.63) is 187 Å². The van der Waals surface area contributed by atoms with E-state index in [0.717, 1.165) is 22.3 Å². The van der Waals surface area contributed by atoms with Gasteiger partial charge in [0.2, 0.25) is 0 Å². The number of fused-ring (bicyclic) bond motifs is 3. The Morgan fingerprint density at radius 3 is 1.56 bits per heavy atom. The van der Waals surface area contributed by atoms with Gasteiger partial charge < -0.3 is 0 Å². The van der Waals surface area contributed by atoms with Crippen LogP contribution in [0.5, 0.6) is 0 Å². The molecule has 0 radical (unpaired) electrons. The van der Waals surface area contributed by atoms with Crippen LogP contribution < -0.4 is 0 Å². The first-order valence-corrected chi connectivity index (χ1v) is 18.9. The second kappa shape index (κ2) is 12.0. The van der Waals surface area contributed by atoms with Gasteiger partial charge in [0.15, 0.2) is 17.5 Å². The molecule has 55 heavy (non-hydrogen) atoms. The normalized spacial score (nSPS) is 13.1. The third-order valence-electron chi connectivity index (χ3n) is 11.7. The Morgan fingerprint density at radius 1 is 0.345 bits per heavy atom. The predicted octanol–water partition coefficient (Wildman–Crippen LogP) is 13.4. The summed E-state index contributed by atoms with van der Waals surface area (Å²) < 4.78 is 0. The summed E-state index contributed by atoms with van der Waals surface area (Å²) in [5.74, 6) is 1.98. The molecule has 10 aromatic rings. The molecule has 0 spiro atoms. The lowest BCUT2D eigenvalue weighted by atomic mass is 9.81. The van der Waals surface area contributed by atoms with E-state index in [9.17, 15) is 0 Å². The van der Waals surface area contributed by atoms with Gasteiger partial charge in [0.1, 0.15) is 0 Å². The van der Waals surface area contributed by atoms with Crippen molar-refractivity contribution in [2.45, 2.75) is 19.3 Å². The molecule has 0 N–H and O–H groups in total. The molecular weight excluding hydrogens is 667 g/mol. The number of hydrogen-bond acceptors (Lipinski definition) is 3. The van der Waals surface area contributed by atoms with Crippen molar-refractivity contribution in [3.8, 4) is 67.5 Å². The lowest BCUT2D eigenvalue weighted by Gasteiger charge is -2.22. The zero-order chi connectivity index (χ0) is 36.7. The zero-order valence-electron chi connectivity index (χ0n) is 30.6. The van der Waals surface area contributed by atoms with Gasteiger partial charge in [-0.1, -0.05) is 184 Å². The summed E-state index contributed by atoms with van der Waals surface area (Å²) in [6.45, 7) is 4.69. The standard InChI is InChI=1S/C52H35N3/c1-52(2)44-18-10-17-41(40-28-25-36-22-21-34-15-9-16-35-26-29-42(40)47(36)46(34)35)48(44)43-30-27-39(31-45(43)52)51-54-49(37-13-7-4-8-14-37)53-50(55-51)38-23-19-33(20-24-38)32-11-5-3-6-12-32/h3-31H,1-2H3. The first kappa shape index (κ1) is 31.5. The first-order valence-electron chi connectivity index (χ1n) is 18.9. The van der Waals surface area contributed by atoms with Crippen molar-refractivity contribution in [2.75, 3.05) is 0 Å². The number of rotatable bonds is 5. The number of aromatic nitrogens is 3. The molecule has 0 saturated carbocycles. The molecule has 0 bridgehead atoms. The molecule has 0 amide bonds.